The number of alkyl halides is 1. The first-order chi connectivity index (χ1) is 7.31. The van der Waals surface area contributed by atoms with Crippen molar-refractivity contribution in [1.82, 2.24) is 5.32 Å². The SMILES string of the molecule is COCCOCC(=O)NCCOCCCl. The number of methoxy groups -OCH3 is 1. The third-order valence-corrected chi connectivity index (χ3v) is 1.61. The average Bonchev–Trinajstić information content (AvgIpc) is 2.24. The van der Waals surface area contributed by atoms with Gasteiger partial charge in [-0.25, -0.2) is 0 Å². The molecule has 0 radical (unpaired) electrons. The highest BCUT2D eigenvalue weighted by molar-refractivity contribution is 6.17. The highest BCUT2D eigenvalue weighted by Gasteiger charge is 1.99. The first kappa shape index (κ1) is 14.6. The number of ether oxygens (including phenoxy) is 3. The highest BCUT2D eigenvalue weighted by Crippen LogP contribution is 1.79. The molecule has 0 aromatic carbocycles. The summed E-state index contributed by atoms with van der Waals surface area (Å²) in [6.45, 7) is 2.42. The molecule has 1 amide bonds. The summed E-state index contributed by atoms with van der Waals surface area (Å²) < 4.78 is 14.8. The fourth-order valence-corrected chi connectivity index (χ4v) is 0.887. The molecule has 1 N–H and O–H groups in total. The quantitative estimate of drug-likeness (QED) is 0.431. The number of amides is 1. The van der Waals surface area contributed by atoms with Crippen molar-refractivity contribution in [3.05, 3.63) is 0 Å². The number of hydrogen-bond acceptors (Lipinski definition) is 4. The van der Waals surface area contributed by atoms with Gasteiger partial charge in [0.2, 0.25) is 5.91 Å². The zero-order valence-electron chi connectivity index (χ0n) is 8.96. The number of hydrogen-bond donors (Lipinski definition) is 1. The number of rotatable bonds is 10. The van der Waals surface area contributed by atoms with Gasteiger partial charge in [0.1, 0.15) is 6.61 Å². The van der Waals surface area contributed by atoms with Gasteiger partial charge in [-0.1, -0.05) is 0 Å². The van der Waals surface area contributed by atoms with E-state index in [4.69, 9.17) is 25.8 Å². The van der Waals surface area contributed by atoms with Crippen LogP contribution in [0.5, 0.6) is 0 Å². The molecule has 0 rings (SSSR count). The molecule has 0 heterocycles. The molecule has 0 saturated heterocycles. The van der Waals surface area contributed by atoms with Gasteiger partial charge in [-0.05, 0) is 0 Å². The summed E-state index contributed by atoms with van der Waals surface area (Å²) in [4.78, 5) is 11.1. The first-order valence-electron chi connectivity index (χ1n) is 4.78. The minimum atomic E-state index is -0.152. The minimum Gasteiger partial charge on any atom is -0.382 e. The van der Waals surface area contributed by atoms with Gasteiger partial charge in [-0.3, -0.25) is 4.79 Å². The Bertz CT molecular complexity index is 157. The largest absolute Gasteiger partial charge is 0.382 e. The van der Waals surface area contributed by atoms with E-state index in [2.05, 4.69) is 5.32 Å². The molecule has 0 spiro atoms. The van der Waals surface area contributed by atoms with Crippen molar-refractivity contribution in [2.75, 3.05) is 52.6 Å². The molecule has 15 heavy (non-hydrogen) atoms. The van der Waals surface area contributed by atoms with Crippen molar-refractivity contribution in [2.24, 2.45) is 0 Å². The molecule has 0 aliphatic rings. The van der Waals surface area contributed by atoms with E-state index >= 15 is 0 Å². The lowest BCUT2D eigenvalue weighted by Gasteiger charge is -2.06. The zero-order valence-corrected chi connectivity index (χ0v) is 9.72. The molecule has 0 aliphatic carbocycles. The molecule has 0 aromatic heterocycles. The predicted octanol–water partition coefficient (Wildman–Crippen LogP) is 0.0210. The van der Waals surface area contributed by atoms with Crippen molar-refractivity contribution in [2.45, 2.75) is 0 Å². The summed E-state index contributed by atoms with van der Waals surface area (Å²) in [5.41, 5.74) is 0. The van der Waals surface area contributed by atoms with Crippen LogP contribution < -0.4 is 5.32 Å². The van der Waals surface area contributed by atoms with Crippen molar-refractivity contribution < 1.29 is 19.0 Å². The van der Waals surface area contributed by atoms with Crippen LogP contribution in [0.25, 0.3) is 0 Å². The molecular weight excluding hydrogens is 222 g/mol. The Morgan fingerprint density at radius 2 is 2.00 bits per heavy atom. The summed E-state index contributed by atoms with van der Waals surface area (Å²) in [6.07, 6.45) is 0. The molecule has 0 bridgehead atoms. The van der Waals surface area contributed by atoms with Gasteiger partial charge in [-0.2, -0.15) is 0 Å². The average molecular weight is 240 g/mol. The van der Waals surface area contributed by atoms with Gasteiger partial charge < -0.3 is 19.5 Å². The molecule has 5 nitrogen and oxygen atoms in total. The van der Waals surface area contributed by atoms with Gasteiger partial charge in [0, 0.05) is 19.5 Å². The van der Waals surface area contributed by atoms with E-state index in [1.165, 1.54) is 0 Å². The lowest BCUT2D eigenvalue weighted by Crippen LogP contribution is -2.31. The summed E-state index contributed by atoms with van der Waals surface area (Å²) >= 11 is 5.40. The molecule has 6 heteroatoms. The zero-order chi connectivity index (χ0) is 11.4. The van der Waals surface area contributed by atoms with Crippen LogP contribution in [0.4, 0.5) is 0 Å². The van der Waals surface area contributed by atoms with Crippen LogP contribution in [0, 0.1) is 0 Å². The Hall–Kier alpha value is -0.360. The van der Waals surface area contributed by atoms with E-state index < -0.39 is 0 Å². The smallest absolute Gasteiger partial charge is 0.246 e. The standard InChI is InChI=1S/C9H18ClNO4/c1-13-6-7-15-8-9(12)11-3-5-14-4-2-10/h2-8H2,1H3,(H,11,12). The maximum atomic E-state index is 11.1. The van der Waals surface area contributed by atoms with E-state index in [1.54, 1.807) is 7.11 Å². The van der Waals surface area contributed by atoms with E-state index in [1.807, 2.05) is 0 Å². The van der Waals surface area contributed by atoms with E-state index in [-0.39, 0.29) is 12.5 Å². The van der Waals surface area contributed by atoms with Gasteiger partial charge in [0.05, 0.1) is 26.4 Å². The van der Waals surface area contributed by atoms with Crippen LogP contribution in [-0.2, 0) is 19.0 Å². The number of halogens is 1. The second kappa shape index (κ2) is 11.7. The summed E-state index contributed by atoms with van der Waals surface area (Å²) in [6, 6.07) is 0. The van der Waals surface area contributed by atoms with Gasteiger partial charge in [0.15, 0.2) is 0 Å². The Morgan fingerprint density at radius 3 is 2.67 bits per heavy atom. The molecule has 0 aromatic rings. The van der Waals surface area contributed by atoms with Gasteiger partial charge in [-0.15, -0.1) is 11.6 Å². The monoisotopic (exact) mass is 239 g/mol. The third-order valence-electron chi connectivity index (χ3n) is 1.46. The lowest BCUT2D eigenvalue weighted by atomic mass is 10.6. The molecule has 0 atom stereocenters. The van der Waals surface area contributed by atoms with Gasteiger partial charge >= 0.3 is 0 Å². The number of nitrogens with one attached hydrogen (secondary N) is 1. The van der Waals surface area contributed by atoms with E-state index in [0.717, 1.165) is 0 Å². The highest BCUT2D eigenvalue weighted by atomic mass is 35.5. The van der Waals surface area contributed by atoms with Crippen molar-refractivity contribution in [3.8, 4) is 0 Å². The van der Waals surface area contributed by atoms with Crippen LogP contribution in [0.1, 0.15) is 0 Å². The molecule has 0 fully saturated rings. The second-order valence-corrected chi connectivity index (χ2v) is 3.07. The molecular formula is C9H18ClNO4. The minimum absolute atomic E-state index is 0.0544. The fourth-order valence-electron chi connectivity index (χ4n) is 0.777. The van der Waals surface area contributed by atoms with Crippen molar-refractivity contribution in [1.29, 1.82) is 0 Å². The Labute approximate surface area is 95.0 Å². The van der Waals surface area contributed by atoms with Crippen LogP contribution >= 0.6 is 11.6 Å². The van der Waals surface area contributed by atoms with Crippen molar-refractivity contribution in [3.63, 3.8) is 0 Å². The molecule has 90 valence electrons. The third kappa shape index (κ3) is 11.6. The maximum Gasteiger partial charge on any atom is 0.246 e. The van der Waals surface area contributed by atoms with Crippen LogP contribution in [-0.4, -0.2) is 58.5 Å². The number of carbonyl (C=O) groups is 1. The summed E-state index contributed by atoms with van der Waals surface area (Å²) in [5.74, 6) is 0.314. The van der Waals surface area contributed by atoms with Crippen LogP contribution in [0.2, 0.25) is 0 Å². The summed E-state index contributed by atoms with van der Waals surface area (Å²) in [5, 5.41) is 2.65. The molecule has 0 unspecified atom stereocenters. The Morgan fingerprint density at radius 1 is 1.20 bits per heavy atom. The van der Waals surface area contributed by atoms with Crippen molar-refractivity contribution >= 4 is 17.5 Å². The maximum absolute atomic E-state index is 11.1. The first-order valence-corrected chi connectivity index (χ1v) is 5.31. The number of carbonyl (C=O) groups excluding carboxylic acids is 1. The fraction of sp³-hybridized carbons (Fsp3) is 0.889. The Balaban J connectivity index is 3.11. The van der Waals surface area contributed by atoms with Crippen LogP contribution in [0.15, 0.2) is 0 Å². The normalized spacial score (nSPS) is 10.3. The van der Waals surface area contributed by atoms with Crippen LogP contribution in [0.3, 0.4) is 0 Å². The van der Waals surface area contributed by atoms with E-state index in [9.17, 15) is 4.79 Å². The molecule has 0 saturated carbocycles. The topological polar surface area (TPSA) is 56.8 Å². The summed E-state index contributed by atoms with van der Waals surface area (Å²) in [7, 11) is 1.58. The lowest BCUT2D eigenvalue weighted by molar-refractivity contribution is -0.126. The molecule has 0 aliphatic heterocycles. The Kier molecular flexibility index (Phi) is 11.4. The predicted molar refractivity (Wildman–Crippen MR) is 57.2 cm³/mol. The van der Waals surface area contributed by atoms with Gasteiger partial charge in [0.25, 0.3) is 0 Å². The second-order valence-electron chi connectivity index (χ2n) is 2.70. The van der Waals surface area contributed by atoms with E-state index in [0.29, 0.717) is 38.9 Å².